The third-order valence-electron chi connectivity index (χ3n) is 2.73. The first-order valence-electron chi connectivity index (χ1n) is 5.82. The van der Waals surface area contributed by atoms with Crippen LogP contribution in [0.1, 0.15) is 18.4 Å². The highest BCUT2D eigenvalue weighted by atomic mass is 79.9. The molecule has 0 atom stereocenters. The minimum atomic E-state index is 0.643. The molecule has 0 aromatic heterocycles. The molecule has 0 aliphatic heterocycles. The van der Waals surface area contributed by atoms with E-state index < -0.39 is 0 Å². The molecule has 0 spiro atoms. The standard InChI is InChI=1S/C13H16BrNO3/c1-17-15(16)8-7-11-3-2-4-12(13(11)14)18-9-10-5-6-10/h2-4,7-8,10,16H,5-6,9H2,1H3/b8-7+. The van der Waals surface area contributed by atoms with Gasteiger partial charge in [-0.25, -0.2) is 0 Å². The number of rotatable bonds is 6. The van der Waals surface area contributed by atoms with E-state index in [2.05, 4.69) is 20.8 Å². The Bertz CT molecular complexity index is 432. The Morgan fingerprint density at radius 1 is 1.50 bits per heavy atom. The molecular formula is C13H16BrNO3. The molecule has 5 heteroatoms. The van der Waals surface area contributed by atoms with Crippen LogP contribution in [-0.2, 0) is 4.84 Å². The van der Waals surface area contributed by atoms with Crippen LogP contribution < -0.4 is 4.74 Å². The molecule has 0 bridgehead atoms. The number of hydrogen-bond donors (Lipinski definition) is 1. The van der Waals surface area contributed by atoms with Gasteiger partial charge in [0.15, 0.2) is 0 Å². The molecule has 2 rings (SSSR count). The number of hydrogen-bond acceptors (Lipinski definition) is 4. The van der Waals surface area contributed by atoms with Gasteiger partial charge in [0.1, 0.15) is 5.75 Å². The Morgan fingerprint density at radius 2 is 2.28 bits per heavy atom. The summed E-state index contributed by atoms with van der Waals surface area (Å²) in [4.78, 5) is 4.58. The fourth-order valence-corrected chi connectivity index (χ4v) is 1.98. The highest BCUT2D eigenvalue weighted by Crippen LogP contribution is 2.33. The summed E-state index contributed by atoms with van der Waals surface area (Å²) in [6, 6.07) is 5.77. The van der Waals surface area contributed by atoms with Crippen molar-refractivity contribution < 1.29 is 14.8 Å². The molecule has 1 fully saturated rings. The zero-order valence-corrected chi connectivity index (χ0v) is 11.8. The van der Waals surface area contributed by atoms with Crippen molar-refractivity contribution in [3.05, 3.63) is 34.4 Å². The lowest BCUT2D eigenvalue weighted by Crippen LogP contribution is -2.08. The van der Waals surface area contributed by atoms with Gasteiger partial charge in [-0.2, -0.15) is 0 Å². The van der Waals surface area contributed by atoms with Crippen LogP contribution >= 0.6 is 15.9 Å². The maximum absolute atomic E-state index is 9.14. The van der Waals surface area contributed by atoms with Gasteiger partial charge in [-0.1, -0.05) is 12.1 Å². The molecule has 4 nitrogen and oxygen atoms in total. The Balaban J connectivity index is 2.05. The average molecular weight is 314 g/mol. The normalized spacial score (nSPS) is 15.1. The van der Waals surface area contributed by atoms with Crippen molar-refractivity contribution in [3.63, 3.8) is 0 Å². The molecule has 1 aromatic carbocycles. The second-order valence-electron chi connectivity index (χ2n) is 4.21. The predicted molar refractivity (Wildman–Crippen MR) is 72.0 cm³/mol. The Hall–Kier alpha value is -1.04. The number of benzene rings is 1. The lowest BCUT2D eigenvalue weighted by molar-refractivity contribution is -0.288. The summed E-state index contributed by atoms with van der Waals surface area (Å²) in [5.41, 5.74) is 0.916. The van der Waals surface area contributed by atoms with Gasteiger partial charge in [-0.3, -0.25) is 10.0 Å². The summed E-state index contributed by atoms with van der Waals surface area (Å²) in [6.45, 7) is 0.774. The van der Waals surface area contributed by atoms with Crippen molar-refractivity contribution in [1.29, 1.82) is 0 Å². The van der Waals surface area contributed by atoms with Crippen molar-refractivity contribution in [2.24, 2.45) is 5.92 Å². The molecule has 0 unspecified atom stereocenters. The Kier molecular flexibility index (Phi) is 4.63. The monoisotopic (exact) mass is 313 g/mol. The van der Waals surface area contributed by atoms with Crippen LogP contribution in [0.4, 0.5) is 0 Å². The number of nitrogens with zero attached hydrogens (tertiary/aromatic N) is 1. The SMILES string of the molecule is CON(O)/C=C/c1cccc(OCC2CC2)c1Br. The zero-order valence-electron chi connectivity index (χ0n) is 10.2. The van der Waals surface area contributed by atoms with Crippen LogP contribution in [0.25, 0.3) is 6.08 Å². The Morgan fingerprint density at radius 3 is 2.94 bits per heavy atom. The second kappa shape index (κ2) is 6.22. The number of halogens is 1. The first-order valence-corrected chi connectivity index (χ1v) is 6.61. The van der Waals surface area contributed by atoms with Gasteiger partial charge in [0, 0.05) is 0 Å². The van der Waals surface area contributed by atoms with Gasteiger partial charge in [0.05, 0.1) is 24.4 Å². The van der Waals surface area contributed by atoms with Crippen LogP contribution in [0.2, 0.25) is 0 Å². The first kappa shape index (κ1) is 13.4. The highest BCUT2D eigenvalue weighted by Gasteiger charge is 2.22. The van der Waals surface area contributed by atoms with Crippen molar-refractivity contribution in [1.82, 2.24) is 5.23 Å². The molecule has 1 saturated carbocycles. The molecule has 1 aromatic rings. The van der Waals surface area contributed by atoms with E-state index in [9.17, 15) is 0 Å². The van der Waals surface area contributed by atoms with Crippen LogP contribution in [-0.4, -0.2) is 24.2 Å². The van der Waals surface area contributed by atoms with Crippen LogP contribution in [0.5, 0.6) is 5.75 Å². The van der Waals surface area contributed by atoms with Crippen LogP contribution in [0, 0.1) is 5.92 Å². The number of ether oxygens (including phenoxy) is 1. The van der Waals surface area contributed by atoms with Gasteiger partial charge >= 0.3 is 0 Å². The second-order valence-corrected chi connectivity index (χ2v) is 5.01. The fraction of sp³-hybridized carbons (Fsp3) is 0.385. The van der Waals surface area contributed by atoms with Gasteiger partial charge < -0.3 is 4.74 Å². The van der Waals surface area contributed by atoms with E-state index in [4.69, 9.17) is 9.94 Å². The molecule has 0 amide bonds. The minimum Gasteiger partial charge on any atom is -0.492 e. The van der Waals surface area contributed by atoms with E-state index in [1.807, 2.05) is 18.2 Å². The minimum absolute atomic E-state index is 0.643. The van der Waals surface area contributed by atoms with Gasteiger partial charge in [-0.15, -0.1) is 5.23 Å². The molecule has 98 valence electrons. The van der Waals surface area contributed by atoms with Gasteiger partial charge in [0.2, 0.25) is 0 Å². The summed E-state index contributed by atoms with van der Waals surface area (Å²) >= 11 is 3.51. The molecule has 0 radical (unpaired) electrons. The van der Waals surface area contributed by atoms with Crippen molar-refractivity contribution in [2.75, 3.05) is 13.7 Å². The topological polar surface area (TPSA) is 41.9 Å². The molecule has 0 saturated heterocycles. The number of hydroxylamine groups is 2. The summed E-state index contributed by atoms with van der Waals surface area (Å²) in [6.07, 6.45) is 5.69. The van der Waals surface area contributed by atoms with E-state index in [0.717, 1.165) is 28.3 Å². The predicted octanol–water partition coefficient (Wildman–Crippen LogP) is 3.46. The molecular weight excluding hydrogens is 298 g/mol. The third kappa shape index (κ3) is 3.73. The summed E-state index contributed by atoms with van der Waals surface area (Å²) < 4.78 is 6.63. The fourth-order valence-electron chi connectivity index (χ4n) is 1.47. The van der Waals surface area contributed by atoms with Crippen molar-refractivity contribution in [3.8, 4) is 5.75 Å². The third-order valence-corrected chi connectivity index (χ3v) is 3.58. The van der Waals surface area contributed by atoms with Crippen LogP contribution in [0.3, 0.4) is 0 Å². The largest absolute Gasteiger partial charge is 0.492 e. The highest BCUT2D eigenvalue weighted by molar-refractivity contribution is 9.10. The van der Waals surface area contributed by atoms with Crippen molar-refractivity contribution in [2.45, 2.75) is 12.8 Å². The van der Waals surface area contributed by atoms with E-state index >= 15 is 0 Å². The molecule has 18 heavy (non-hydrogen) atoms. The lowest BCUT2D eigenvalue weighted by Gasteiger charge is -2.10. The average Bonchev–Trinajstić information content (AvgIpc) is 3.19. The lowest BCUT2D eigenvalue weighted by atomic mass is 10.2. The maximum Gasteiger partial charge on any atom is 0.134 e. The molecule has 0 heterocycles. The van der Waals surface area contributed by atoms with Gasteiger partial charge in [-0.05, 0) is 52.4 Å². The van der Waals surface area contributed by atoms with E-state index in [0.29, 0.717) is 5.23 Å². The molecule has 1 N–H and O–H groups in total. The summed E-state index contributed by atoms with van der Waals surface area (Å²) in [7, 11) is 1.38. The Labute approximate surface area is 115 Å². The smallest absolute Gasteiger partial charge is 0.134 e. The summed E-state index contributed by atoms with van der Waals surface area (Å²) in [5, 5.41) is 9.78. The molecule has 1 aliphatic rings. The van der Waals surface area contributed by atoms with E-state index in [-0.39, 0.29) is 0 Å². The van der Waals surface area contributed by atoms with Crippen molar-refractivity contribution >= 4 is 22.0 Å². The quantitative estimate of drug-likeness (QED) is 0.817. The van der Waals surface area contributed by atoms with Gasteiger partial charge in [0.25, 0.3) is 0 Å². The maximum atomic E-state index is 9.14. The summed E-state index contributed by atoms with van der Waals surface area (Å²) in [5.74, 6) is 1.54. The van der Waals surface area contributed by atoms with E-state index in [1.54, 1.807) is 6.08 Å². The first-order chi connectivity index (χ1) is 8.70. The van der Waals surface area contributed by atoms with E-state index in [1.165, 1.54) is 26.2 Å². The molecule has 1 aliphatic carbocycles. The van der Waals surface area contributed by atoms with Crippen LogP contribution in [0.15, 0.2) is 28.9 Å². The zero-order chi connectivity index (χ0) is 13.0.